The number of benzene rings is 1. The molecule has 0 radical (unpaired) electrons. The van der Waals surface area contributed by atoms with E-state index in [0.29, 0.717) is 17.9 Å². The Balaban J connectivity index is 1.64. The van der Waals surface area contributed by atoms with Crippen molar-refractivity contribution >= 4 is 11.8 Å². The number of aliphatic hydroxyl groups excluding tert-OH is 1. The van der Waals surface area contributed by atoms with Crippen LogP contribution in [0.5, 0.6) is 5.75 Å². The van der Waals surface area contributed by atoms with E-state index in [2.05, 4.69) is 15.8 Å². The van der Waals surface area contributed by atoms with Crippen molar-refractivity contribution in [3.8, 4) is 17.0 Å². The van der Waals surface area contributed by atoms with Gasteiger partial charge in [0.15, 0.2) is 5.76 Å². The van der Waals surface area contributed by atoms with Gasteiger partial charge in [-0.25, -0.2) is 0 Å². The third-order valence-electron chi connectivity index (χ3n) is 4.42. The molecule has 1 aromatic heterocycles. The molecule has 28 heavy (non-hydrogen) atoms. The quantitative estimate of drug-likeness (QED) is 0.631. The topological polar surface area (TPSA) is 114 Å². The summed E-state index contributed by atoms with van der Waals surface area (Å²) in [5.41, 5.74) is 1.21. The lowest BCUT2D eigenvalue weighted by atomic mass is 10.0. The fourth-order valence-corrected chi connectivity index (χ4v) is 3.00. The summed E-state index contributed by atoms with van der Waals surface area (Å²) in [7, 11) is 1.59. The van der Waals surface area contributed by atoms with Crippen molar-refractivity contribution in [3.63, 3.8) is 0 Å². The summed E-state index contributed by atoms with van der Waals surface area (Å²) in [6, 6.07) is 8.49. The van der Waals surface area contributed by atoms with Crippen molar-refractivity contribution in [2.24, 2.45) is 5.92 Å². The van der Waals surface area contributed by atoms with Crippen LogP contribution in [0, 0.1) is 5.92 Å². The van der Waals surface area contributed by atoms with E-state index in [9.17, 15) is 14.7 Å². The van der Waals surface area contributed by atoms with Gasteiger partial charge in [0.25, 0.3) is 11.8 Å². The first kappa shape index (κ1) is 19.5. The molecular weight excluding hydrogens is 362 g/mol. The molecule has 0 saturated carbocycles. The molecule has 3 rings (SSSR count). The van der Waals surface area contributed by atoms with Gasteiger partial charge in [-0.15, -0.1) is 0 Å². The molecule has 0 bridgehead atoms. The number of methoxy groups -OCH3 is 1. The van der Waals surface area contributed by atoms with Crippen LogP contribution < -0.4 is 15.4 Å². The Morgan fingerprint density at radius 1 is 1.36 bits per heavy atom. The summed E-state index contributed by atoms with van der Waals surface area (Å²) >= 11 is 0. The fourth-order valence-electron chi connectivity index (χ4n) is 3.00. The second-order valence-corrected chi connectivity index (χ2v) is 7.01. The second-order valence-electron chi connectivity index (χ2n) is 7.01. The van der Waals surface area contributed by atoms with Gasteiger partial charge in [0.1, 0.15) is 22.8 Å². The molecule has 2 heterocycles. The molecule has 0 saturated heterocycles. The van der Waals surface area contributed by atoms with Gasteiger partial charge in [0.2, 0.25) is 0 Å². The average molecular weight is 385 g/mol. The first-order valence-corrected chi connectivity index (χ1v) is 9.01. The lowest BCUT2D eigenvalue weighted by Gasteiger charge is -2.12. The molecule has 1 aromatic carbocycles. The minimum Gasteiger partial charge on any atom is -0.509 e. The maximum absolute atomic E-state index is 12.4. The zero-order valence-electron chi connectivity index (χ0n) is 16.0. The van der Waals surface area contributed by atoms with E-state index in [-0.39, 0.29) is 23.8 Å². The Bertz CT molecular complexity index is 899. The predicted molar refractivity (Wildman–Crippen MR) is 101 cm³/mol. The SMILES string of the molecule is COc1ccc(-c2cc(CNC(=O)C3=C(O)C(CC(C)C)NC3=O)on2)cc1. The van der Waals surface area contributed by atoms with Crippen molar-refractivity contribution in [3.05, 3.63) is 47.4 Å². The number of aliphatic hydroxyl groups is 1. The van der Waals surface area contributed by atoms with Crippen LogP contribution in [0.15, 0.2) is 46.2 Å². The van der Waals surface area contributed by atoms with Crippen molar-refractivity contribution in [2.45, 2.75) is 32.9 Å². The molecule has 2 amide bonds. The minimum atomic E-state index is -0.649. The van der Waals surface area contributed by atoms with Crippen LogP contribution in [-0.2, 0) is 16.1 Å². The lowest BCUT2D eigenvalue weighted by molar-refractivity contribution is -0.123. The van der Waals surface area contributed by atoms with Gasteiger partial charge in [-0.3, -0.25) is 9.59 Å². The number of rotatable bonds is 7. The molecule has 2 aromatic rings. The van der Waals surface area contributed by atoms with Gasteiger partial charge in [0, 0.05) is 11.6 Å². The van der Waals surface area contributed by atoms with E-state index in [1.54, 1.807) is 13.2 Å². The molecule has 8 heteroatoms. The third-order valence-corrected chi connectivity index (χ3v) is 4.42. The normalized spacial score (nSPS) is 16.4. The number of hydrogen-bond acceptors (Lipinski definition) is 6. The number of aromatic nitrogens is 1. The maximum atomic E-state index is 12.4. The van der Waals surface area contributed by atoms with Crippen molar-refractivity contribution in [1.82, 2.24) is 15.8 Å². The van der Waals surface area contributed by atoms with Crippen LogP contribution in [0.3, 0.4) is 0 Å². The van der Waals surface area contributed by atoms with Crippen molar-refractivity contribution < 1.29 is 24.0 Å². The summed E-state index contributed by atoms with van der Waals surface area (Å²) < 4.78 is 10.4. The molecule has 0 fully saturated rings. The Hall–Kier alpha value is -3.29. The minimum absolute atomic E-state index is 0.0426. The van der Waals surface area contributed by atoms with Gasteiger partial charge < -0.3 is 25.0 Å². The number of carbonyl (C=O) groups is 2. The summed E-state index contributed by atoms with van der Waals surface area (Å²) in [4.78, 5) is 24.4. The first-order chi connectivity index (χ1) is 13.4. The molecule has 1 aliphatic rings. The van der Waals surface area contributed by atoms with Crippen LogP contribution in [0.1, 0.15) is 26.0 Å². The average Bonchev–Trinajstić information content (AvgIpc) is 3.24. The van der Waals surface area contributed by atoms with Gasteiger partial charge in [-0.2, -0.15) is 0 Å². The van der Waals surface area contributed by atoms with Crippen LogP contribution >= 0.6 is 0 Å². The summed E-state index contributed by atoms with van der Waals surface area (Å²) in [6.45, 7) is 3.99. The van der Waals surface area contributed by atoms with Crippen LogP contribution in [0.4, 0.5) is 0 Å². The highest BCUT2D eigenvalue weighted by atomic mass is 16.5. The number of hydrogen-bond donors (Lipinski definition) is 3. The molecule has 148 valence electrons. The van der Waals surface area contributed by atoms with E-state index in [0.717, 1.165) is 11.3 Å². The zero-order valence-corrected chi connectivity index (χ0v) is 16.0. The Morgan fingerprint density at radius 2 is 2.07 bits per heavy atom. The van der Waals surface area contributed by atoms with Crippen molar-refractivity contribution in [2.75, 3.05) is 7.11 Å². The summed E-state index contributed by atoms with van der Waals surface area (Å²) in [5, 5.41) is 19.4. The molecule has 3 N–H and O–H groups in total. The largest absolute Gasteiger partial charge is 0.509 e. The van der Waals surface area contributed by atoms with Gasteiger partial charge in [-0.1, -0.05) is 19.0 Å². The Morgan fingerprint density at radius 3 is 2.71 bits per heavy atom. The molecule has 1 atom stereocenters. The Kier molecular flexibility index (Phi) is 5.67. The lowest BCUT2D eigenvalue weighted by Crippen LogP contribution is -2.32. The Labute approximate surface area is 162 Å². The van der Waals surface area contributed by atoms with Gasteiger partial charge >= 0.3 is 0 Å². The fraction of sp³-hybridized carbons (Fsp3) is 0.350. The maximum Gasteiger partial charge on any atom is 0.261 e. The predicted octanol–water partition coefficient (Wildman–Crippen LogP) is 2.32. The highest BCUT2D eigenvalue weighted by molar-refractivity contribution is 6.20. The standard InChI is InChI=1S/C20H23N3O5/c1-11(2)8-16-18(24)17(20(26)22-16)19(25)21-10-14-9-15(23-28-14)12-4-6-13(27-3)7-5-12/h4-7,9,11,16,24H,8,10H2,1-3H3,(H,21,25)(H,22,26). The van der Waals surface area contributed by atoms with E-state index in [4.69, 9.17) is 9.26 Å². The monoisotopic (exact) mass is 385 g/mol. The van der Waals surface area contributed by atoms with Gasteiger partial charge in [-0.05, 0) is 36.6 Å². The number of carbonyl (C=O) groups excluding carboxylic acids is 2. The summed E-state index contributed by atoms with van der Waals surface area (Å²) in [6.07, 6.45) is 0.557. The summed E-state index contributed by atoms with van der Waals surface area (Å²) in [5.74, 6) is -0.0104. The highest BCUT2D eigenvalue weighted by Gasteiger charge is 2.36. The van der Waals surface area contributed by atoms with Crippen LogP contribution in [-0.4, -0.2) is 35.2 Å². The molecule has 1 unspecified atom stereocenters. The number of amides is 2. The molecule has 0 aliphatic carbocycles. The highest BCUT2D eigenvalue weighted by Crippen LogP contribution is 2.23. The smallest absolute Gasteiger partial charge is 0.261 e. The van der Waals surface area contributed by atoms with E-state index in [1.165, 1.54) is 0 Å². The van der Waals surface area contributed by atoms with Gasteiger partial charge in [0.05, 0.1) is 19.7 Å². The number of nitrogens with one attached hydrogen (secondary N) is 2. The third kappa shape index (κ3) is 4.16. The molecule has 0 spiro atoms. The number of nitrogens with zero attached hydrogens (tertiary/aromatic N) is 1. The van der Waals surface area contributed by atoms with Crippen molar-refractivity contribution in [1.29, 1.82) is 0 Å². The van der Waals surface area contributed by atoms with E-state index < -0.39 is 17.9 Å². The zero-order chi connectivity index (χ0) is 20.3. The van der Waals surface area contributed by atoms with E-state index in [1.807, 2.05) is 38.1 Å². The number of ether oxygens (including phenoxy) is 1. The second kappa shape index (κ2) is 8.16. The van der Waals surface area contributed by atoms with E-state index >= 15 is 0 Å². The molecule has 1 aliphatic heterocycles. The molecule has 8 nitrogen and oxygen atoms in total. The first-order valence-electron chi connectivity index (χ1n) is 9.01. The van der Waals surface area contributed by atoms with Crippen LogP contribution in [0.25, 0.3) is 11.3 Å². The van der Waals surface area contributed by atoms with Crippen LogP contribution in [0.2, 0.25) is 0 Å². The molecular formula is C20H23N3O5.